The predicted molar refractivity (Wildman–Crippen MR) is 136 cm³/mol. The first-order chi connectivity index (χ1) is 13.1. The molecule has 0 aliphatic carbocycles. The summed E-state index contributed by atoms with van der Waals surface area (Å²) in [6.45, 7) is 24.2. The number of nitrogens with zero attached hydrogens (tertiary/aromatic N) is 3. The van der Waals surface area contributed by atoms with E-state index in [0.29, 0.717) is 13.2 Å². The number of aromatic nitrogens is 3. The maximum Gasteiger partial charge on any atom is 0.192 e. The van der Waals surface area contributed by atoms with Gasteiger partial charge in [-0.3, -0.25) is 0 Å². The van der Waals surface area contributed by atoms with Crippen molar-refractivity contribution in [3.05, 3.63) is 22.3 Å². The lowest BCUT2D eigenvalue weighted by Gasteiger charge is -2.39. The summed E-state index contributed by atoms with van der Waals surface area (Å²) < 4.78 is 16.6. The van der Waals surface area contributed by atoms with E-state index in [0.717, 1.165) is 14.6 Å². The molecule has 0 atom stereocenters. The van der Waals surface area contributed by atoms with Crippen molar-refractivity contribution in [1.29, 1.82) is 0 Å². The van der Waals surface area contributed by atoms with Gasteiger partial charge >= 0.3 is 0 Å². The molecular weight excluding hydrogens is 509 g/mol. The summed E-state index contributed by atoms with van der Waals surface area (Å²) in [6, 6.07) is 0.0826. The van der Waals surface area contributed by atoms with Crippen LogP contribution in [-0.4, -0.2) is 44.4 Å². The molecule has 29 heavy (non-hydrogen) atoms. The van der Waals surface area contributed by atoms with Crippen LogP contribution < -0.4 is 0 Å². The highest BCUT2D eigenvalue weighted by Gasteiger charge is 2.40. The molecule has 0 spiro atoms. The lowest BCUT2D eigenvalue weighted by Crippen LogP contribution is -2.44. The van der Waals surface area contributed by atoms with Gasteiger partial charge in [-0.25, -0.2) is 9.97 Å². The molecule has 2 aromatic heterocycles. The number of fused-ring (bicyclic) bond motifs is 1. The van der Waals surface area contributed by atoms with Gasteiger partial charge in [-0.2, -0.15) is 0 Å². The van der Waals surface area contributed by atoms with Crippen LogP contribution in [0.5, 0.6) is 0 Å². The Morgan fingerprint density at radius 2 is 1.45 bits per heavy atom. The Hall–Kier alpha value is -0.296. The average Bonchev–Trinajstić information content (AvgIpc) is 2.90. The summed E-state index contributed by atoms with van der Waals surface area (Å²) in [5, 5.41) is 1.43. The van der Waals surface area contributed by atoms with Gasteiger partial charge in [-0.05, 0) is 58.9 Å². The van der Waals surface area contributed by atoms with Crippen molar-refractivity contribution < 1.29 is 8.85 Å². The summed E-state index contributed by atoms with van der Waals surface area (Å²) in [6.07, 6.45) is 5.67. The van der Waals surface area contributed by atoms with Gasteiger partial charge in [0.25, 0.3) is 0 Å². The van der Waals surface area contributed by atoms with Crippen LogP contribution in [0.25, 0.3) is 11.0 Å². The molecule has 164 valence electrons. The van der Waals surface area contributed by atoms with Crippen LogP contribution in [0.4, 0.5) is 0 Å². The lowest BCUT2D eigenvalue weighted by molar-refractivity contribution is 0.163. The molecule has 0 saturated carbocycles. The van der Waals surface area contributed by atoms with Crippen molar-refractivity contribution in [3.8, 4) is 0 Å². The second-order valence-electron chi connectivity index (χ2n) is 10.9. The van der Waals surface area contributed by atoms with Crippen LogP contribution in [-0.2, 0) is 8.85 Å². The fourth-order valence-electron chi connectivity index (χ4n) is 2.48. The second-order valence-corrected chi connectivity index (χ2v) is 21.7. The third-order valence-electron chi connectivity index (χ3n) is 6.72. The molecule has 2 heterocycles. The Kier molecular flexibility index (Phi) is 7.47. The Balaban J connectivity index is 2.35. The minimum absolute atomic E-state index is 0.0826. The van der Waals surface area contributed by atoms with Crippen LogP contribution in [0.15, 0.2) is 18.7 Å². The fourth-order valence-corrected chi connectivity index (χ4v) is 5.24. The third-order valence-corrected chi connectivity index (χ3v) is 16.6. The molecule has 0 N–H and O–H groups in total. The average molecular weight is 548 g/mol. The molecule has 0 unspecified atom stereocenters. The van der Waals surface area contributed by atoms with Crippen LogP contribution in [0.1, 0.15) is 47.6 Å². The first kappa shape index (κ1) is 25.0. The maximum atomic E-state index is 6.63. The lowest BCUT2D eigenvalue weighted by atomic mass is 10.2. The van der Waals surface area contributed by atoms with Gasteiger partial charge < -0.3 is 13.4 Å². The van der Waals surface area contributed by atoms with Crippen LogP contribution in [0.3, 0.4) is 0 Å². The molecule has 0 aromatic carbocycles. The minimum atomic E-state index is -1.86. The van der Waals surface area contributed by atoms with E-state index in [9.17, 15) is 0 Å². The van der Waals surface area contributed by atoms with Crippen molar-refractivity contribution in [3.63, 3.8) is 0 Å². The van der Waals surface area contributed by atoms with Gasteiger partial charge in [0.15, 0.2) is 16.6 Å². The zero-order valence-electron chi connectivity index (χ0n) is 19.8. The maximum absolute atomic E-state index is 6.63. The summed E-state index contributed by atoms with van der Waals surface area (Å²) in [7, 11) is -3.73. The van der Waals surface area contributed by atoms with Crippen molar-refractivity contribution in [2.45, 2.75) is 83.8 Å². The van der Waals surface area contributed by atoms with Crippen LogP contribution >= 0.6 is 22.6 Å². The predicted octanol–water partition coefficient (Wildman–Crippen LogP) is 6.62. The van der Waals surface area contributed by atoms with E-state index in [4.69, 9.17) is 8.85 Å². The molecule has 0 bridgehead atoms. The van der Waals surface area contributed by atoms with E-state index in [1.54, 1.807) is 6.33 Å². The molecule has 5 nitrogen and oxygen atoms in total. The van der Waals surface area contributed by atoms with Gasteiger partial charge in [0, 0.05) is 16.0 Å². The smallest absolute Gasteiger partial charge is 0.192 e. The third kappa shape index (κ3) is 5.69. The fraction of sp³-hybridized carbons (Fsp3) is 0.714. The van der Waals surface area contributed by atoms with Crippen molar-refractivity contribution in [2.75, 3.05) is 13.2 Å². The molecule has 0 radical (unpaired) electrons. The molecule has 2 aromatic rings. The number of hydrogen-bond donors (Lipinski definition) is 0. The molecular formula is C21H38IN3O2Si2. The van der Waals surface area contributed by atoms with Crippen LogP contribution in [0.2, 0.25) is 36.3 Å². The number of rotatable bonds is 7. The van der Waals surface area contributed by atoms with Crippen molar-refractivity contribution in [1.82, 2.24) is 14.5 Å². The van der Waals surface area contributed by atoms with Crippen LogP contribution in [0, 0.1) is 3.57 Å². The Bertz CT molecular complexity index is 809. The Morgan fingerprint density at radius 1 is 0.966 bits per heavy atom. The first-order valence-electron chi connectivity index (χ1n) is 10.3. The number of halogens is 1. The molecule has 0 amide bonds. The SMILES string of the molecule is CC(C)(C)[Si](C)(C)OCC(CO[Si](C)(C)C(C)(C)C)n1cc(I)c2cncnc21. The van der Waals surface area contributed by atoms with E-state index < -0.39 is 16.6 Å². The van der Waals surface area contributed by atoms with E-state index in [2.05, 4.69) is 111 Å². The highest BCUT2D eigenvalue weighted by molar-refractivity contribution is 14.1. The zero-order chi connectivity index (χ0) is 22.3. The highest BCUT2D eigenvalue weighted by atomic mass is 127. The zero-order valence-corrected chi connectivity index (χ0v) is 23.9. The summed E-state index contributed by atoms with van der Waals surface area (Å²) in [5.74, 6) is 0. The quantitative estimate of drug-likeness (QED) is 0.289. The molecule has 0 aliphatic rings. The van der Waals surface area contributed by atoms with Gasteiger partial charge in [-0.15, -0.1) is 0 Å². The second kappa shape index (κ2) is 8.68. The van der Waals surface area contributed by atoms with Gasteiger partial charge in [0.2, 0.25) is 0 Å². The molecule has 0 fully saturated rings. The summed E-state index contributed by atoms with van der Waals surface area (Å²) in [5.41, 5.74) is 0.951. The Morgan fingerprint density at radius 3 is 1.90 bits per heavy atom. The van der Waals surface area contributed by atoms with E-state index >= 15 is 0 Å². The largest absolute Gasteiger partial charge is 0.415 e. The van der Waals surface area contributed by atoms with E-state index in [-0.39, 0.29) is 16.1 Å². The van der Waals surface area contributed by atoms with Gasteiger partial charge in [0.1, 0.15) is 12.0 Å². The molecule has 0 aliphatic heterocycles. The van der Waals surface area contributed by atoms with E-state index in [1.165, 1.54) is 0 Å². The molecule has 8 heteroatoms. The summed E-state index contributed by atoms with van der Waals surface area (Å²) >= 11 is 2.36. The summed E-state index contributed by atoms with van der Waals surface area (Å²) in [4.78, 5) is 8.77. The monoisotopic (exact) mass is 547 g/mol. The van der Waals surface area contributed by atoms with Crippen molar-refractivity contribution in [2.24, 2.45) is 0 Å². The van der Waals surface area contributed by atoms with E-state index in [1.807, 2.05) is 6.20 Å². The highest BCUT2D eigenvalue weighted by Crippen LogP contribution is 2.39. The molecule has 2 rings (SSSR count). The molecule has 0 saturated heterocycles. The normalized spacial score (nSPS) is 14.2. The minimum Gasteiger partial charge on any atom is -0.415 e. The first-order valence-corrected chi connectivity index (χ1v) is 17.2. The standard InChI is InChI=1S/C21H38IN3O2Si2/c1-20(2,3)28(7,8)26-13-16(14-27-29(9,10)21(4,5)6)25-12-18(22)17-11-23-15-24-19(17)25/h11-12,15-16H,13-14H2,1-10H3. The van der Waals surface area contributed by atoms with Gasteiger partial charge in [-0.1, -0.05) is 41.5 Å². The van der Waals surface area contributed by atoms with Gasteiger partial charge in [0.05, 0.1) is 24.6 Å². The topological polar surface area (TPSA) is 49.2 Å². The Labute approximate surface area is 192 Å². The van der Waals surface area contributed by atoms with Crippen molar-refractivity contribution >= 4 is 50.3 Å². The number of hydrogen-bond acceptors (Lipinski definition) is 4.